The van der Waals surface area contributed by atoms with E-state index in [9.17, 15) is 4.79 Å². The van der Waals surface area contributed by atoms with Gasteiger partial charge in [-0.25, -0.2) is 0 Å². The molecule has 1 aliphatic rings. The first kappa shape index (κ1) is 7.54. The first-order valence-electron chi connectivity index (χ1n) is 3.62. The highest BCUT2D eigenvalue weighted by atomic mass is 16.1. The molecule has 0 bridgehead atoms. The number of carbonyl (C=O) groups excluding carboxylic acids is 1. The molecule has 0 aromatic heterocycles. The van der Waals surface area contributed by atoms with Crippen LogP contribution in [-0.2, 0) is 4.79 Å². The van der Waals surface area contributed by atoms with Crippen LogP contribution < -0.4 is 10.2 Å². The third-order valence-corrected chi connectivity index (χ3v) is 1.79. The zero-order chi connectivity index (χ0) is 7.56. The van der Waals surface area contributed by atoms with Crippen LogP contribution >= 0.6 is 0 Å². The van der Waals surface area contributed by atoms with Crippen LogP contribution in [-0.4, -0.2) is 25.0 Å². The molecule has 58 valence electrons. The van der Waals surface area contributed by atoms with Crippen molar-refractivity contribution in [3.8, 4) is 0 Å². The summed E-state index contributed by atoms with van der Waals surface area (Å²) >= 11 is 0. The van der Waals surface area contributed by atoms with Gasteiger partial charge in [0.1, 0.15) is 0 Å². The third kappa shape index (κ3) is 1.99. The molecule has 2 atom stereocenters. The van der Waals surface area contributed by atoms with Crippen LogP contribution in [0.1, 0.15) is 13.3 Å². The molecule has 0 saturated carbocycles. The topological polar surface area (TPSA) is 33.5 Å². The maximum Gasteiger partial charge on any atom is 0.217 e. The summed E-state index contributed by atoms with van der Waals surface area (Å²) in [6.07, 6.45) is 1.07. The quantitative estimate of drug-likeness (QED) is 0.432. The van der Waals surface area contributed by atoms with E-state index in [-0.39, 0.29) is 5.91 Å². The molecule has 1 saturated heterocycles. The van der Waals surface area contributed by atoms with Crippen LogP contribution in [0.3, 0.4) is 0 Å². The largest absolute Gasteiger partial charge is 0.466 e. The summed E-state index contributed by atoms with van der Waals surface area (Å²) in [5.74, 6) is 0.0692. The molecule has 0 radical (unpaired) electrons. The standard InChI is InChI=1S/C7H14N2O/c1-6(10)8-7-3-4-9(2)5-7/h7,9H,2-5H2,1H3,(H,8,10)/t7-/m1/s1. The van der Waals surface area contributed by atoms with Gasteiger partial charge in [-0.2, -0.15) is 7.05 Å². The summed E-state index contributed by atoms with van der Waals surface area (Å²) < 4.78 is 0. The van der Waals surface area contributed by atoms with Gasteiger partial charge in [0.2, 0.25) is 5.91 Å². The molecular weight excluding hydrogens is 128 g/mol. The van der Waals surface area contributed by atoms with E-state index in [0.717, 1.165) is 19.5 Å². The summed E-state index contributed by atoms with van der Waals surface area (Å²) in [5.41, 5.74) is 0. The Morgan fingerprint density at radius 1 is 1.80 bits per heavy atom. The molecule has 1 unspecified atom stereocenters. The van der Waals surface area contributed by atoms with Crippen molar-refractivity contribution >= 4 is 5.91 Å². The first-order valence-corrected chi connectivity index (χ1v) is 3.62. The summed E-state index contributed by atoms with van der Waals surface area (Å²) in [5, 5.41) is 2.87. The van der Waals surface area contributed by atoms with Gasteiger partial charge in [0.15, 0.2) is 0 Å². The zero-order valence-corrected chi connectivity index (χ0v) is 6.31. The molecule has 3 heteroatoms. The van der Waals surface area contributed by atoms with Crippen molar-refractivity contribution in [2.24, 2.45) is 0 Å². The number of amides is 1. The van der Waals surface area contributed by atoms with E-state index in [2.05, 4.69) is 12.4 Å². The van der Waals surface area contributed by atoms with Gasteiger partial charge in [-0.15, -0.1) is 0 Å². The van der Waals surface area contributed by atoms with Crippen LogP contribution in [0, 0.1) is 7.05 Å². The van der Waals surface area contributed by atoms with Crippen molar-refractivity contribution in [2.45, 2.75) is 19.4 Å². The van der Waals surface area contributed by atoms with E-state index < -0.39 is 0 Å². The van der Waals surface area contributed by atoms with Crippen molar-refractivity contribution < 1.29 is 9.69 Å². The number of quaternary nitrogens is 1. The lowest BCUT2D eigenvalue weighted by molar-refractivity contribution is -0.840. The number of rotatable bonds is 1. The second-order valence-electron chi connectivity index (χ2n) is 2.89. The van der Waals surface area contributed by atoms with Gasteiger partial charge in [-0.1, -0.05) is 0 Å². The molecule has 1 amide bonds. The second kappa shape index (κ2) is 3.01. The molecule has 3 nitrogen and oxygen atoms in total. The monoisotopic (exact) mass is 142 g/mol. The van der Waals surface area contributed by atoms with Crippen molar-refractivity contribution in [3.63, 3.8) is 0 Å². The molecule has 10 heavy (non-hydrogen) atoms. The molecule has 1 aliphatic heterocycles. The maximum absolute atomic E-state index is 10.6. The molecule has 0 spiro atoms. The number of likely N-dealkylation sites (tertiary alicyclic amines) is 1. The Labute approximate surface area is 61.4 Å². The Morgan fingerprint density at radius 2 is 2.50 bits per heavy atom. The summed E-state index contributed by atoms with van der Waals surface area (Å²) in [7, 11) is 3.86. The fourth-order valence-electron chi connectivity index (χ4n) is 1.34. The van der Waals surface area contributed by atoms with E-state index in [0.29, 0.717) is 6.04 Å². The average Bonchev–Trinajstić information content (AvgIpc) is 2.13. The Bertz CT molecular complexity index is 136. The lowest BCUT2D eigenvalue weighted by atomic mass is 10.3. The van der Waals surface area contributed by atoms with Crippen LogP contribution in [0.15, 0.2) is 0 Å². The van der Waals surface area contributed by atoms with E-state index in [1.54, 1.807) is 6.92 Å². The van der Waals surface area contributed by atoms with Crippen molar-refractivity contribution in [2.75, 3.05) is 13.1 Å². The van der Waals surface area contributed by atoms with E-state index >= 15 is 0 Å². The van der Waals surface area contributed by atoms with E-state index in [1.165, 1.54) is 4.90 Å². The fourth-order valence-corrected chi connectivity index (χ4v) is 1.34. The van der Waals surface area contributed by atoms with Crippen LogP contribution in [0.5, 0.6) is 0 Å². The van der Waals surface area contributed by atoms with E-state index in [4.69, 9.17) is 0 Å². The molecule has 1 heterocycles. The number of hydrogen-bond acceptors (Lipinski definition) is 1. The molecule has 0 aromatic carbocycles. The Hall–Kier alpha value is -0.570. The van der Waals surface area contributed by atoms with Crippen molar-refractivity contribution in [3.05, 3.63) is 7.05 Å². The predicted molar refractivity (Wildman–Crippen MR) is 38.3 cm³/mol. The van der Waals surface area contributed by atoms with Gasteiger partial charge in [0.05, 0.1) is 19.1 Å². The first-order chi connectivity index (χ1) is 4.68. The van der Waals surface area contributed by atoms with Gasteiger partial charge >= 0.3 is 0 Å². The molecular formula is C7H14N2O. The zero-order valence-electron chi connectivity index (χ0n) is 6.31. The Balaban J connectivity index is 2.24. The normalized spacial score (nSPS) is 32.2. The lowest BCUT2D eigenvalue weighted by Crippen LogP contribution is -3.05. The highest BCUT2D eigenvalue weighted by molar-refractivity contribution is 5.73. The highest BCUT2D eigenvalue weighted by Gasteiger charge is 2.19. The summed E-state index contributed by atoms with van der Waals surface area (Å²) in [6.45, 7) is 3.60. The molecule has 1 rings (SSSR count). The van der Waals surface area contributed by atoms with E-state index in [1.807, 2.05) is 0 Å². The molecule has 0 aromatic rings. The smallest absolute Gasteiger partial charge is 0.217 e. The molecule has 1 fully saturated rings. The van der Waals surface area contributed by atoms with Crippen molar-refractivity contribution in [1.82, 2.24) is 5.32 Å². The fraction of sp³-hybridized carbons (Fsp3) is 0.714. The van der Waals surface area contributed by atoms with Crippen LogP contribution in [0.4, 0.5) is 0 Å². The summed E-state index contributed by atoms with van der Waals surface area (Å²) in [4.78, 5) is 11.8. The van der Waals surface area contributed by atoms with Gasteiger partial charge in [-0.05, 0) is 0 Å². The Kier molecular flexibility index (Phi) is 2.27. The minimum absolute atomic E-state index is 0.0692. The van der Waals surface area contributed by atoms with Gasteiger partial charge < -0.3 is 10.2 Å². The number of nitrogens with one attached hydrogen (secondary N) is 2. The van der Waals surface area contributed by atoms with Crippen LogP contribution in [0.2, 0.25) is 0 Å². The van der Waals surface area contributed by atoms with Crippen molar-refractivity contribution in [1.29, 1.82) is 0 Å². The predicted octanol–water partition coefficient (Wildman–Crippen LogP) is -1.43. The second-order valence-corrected chi connectivity index (χ2v) is 2.89. The third-order valence-electron chi connectivity index (χ3n) is 1.79. The van der Waals surface area contributed by atoms with Crippen LogP contribution in [0.25, 0.3) is 0 Å². The minimum Gasteiger partial charge on any atom is -0.466 e. The minimum atomic E-state index is 0.0692. The highest BCUT2D eigenvalue weighted by Crippen LogP contribution is 1.91. The average molecular weight is 142 g/mol. The van der Waals surface area contributed by atoms with Gasteiger partial charge in [-0.3, -0.25) is 4.79 Å². The molecule has 0 aliphatic carbocycles. The lowest BCUT2D eigenvalue weighted by Gasteiger charge is -2.12. The number of hydrogen-bond donors (Lipinski definition) is 2. The molecule has 2 N–H and O–H groups in total. The Morgan fingerprint density at radius 3 is 2.90 bits per heavy atom. The SMILES string of the molecule is [CH2-][NH+]1CC[C@@H](NC(C)=O)C1. The van der Waals surface area contributed by atoms with Gasteiger partial charge in [0, 0.05) is 13.3 Å². The number of carbonyl (C=O) groups is 1. The maximum atomic E-state index is 10.6. The van der Waals surface area contributed by atoms with Gasteiger partial charge in [0.25, 0.3) is 0 Å². The summed E-state index contributed by atoms with van der Waals surface area (Å²) in [6, 6.07) is 0.366.